The van der Waals surface area contributed by atoms with Crippen LogP contribution in [0.2, 0.25) is 0 Å². The van der Waals surface area contributed by atoms with Crippen molar-refractivity contribution in [3.8, 4) is 11.8 Å². The monoisotopic (exact) mass is 406 g/mol. The van der Waals surface area contributed by atoms with Gasteiger partial charge in [0.25, 0.3) is 0 Å². The van der Waals surface area contributed by atoms with Crippen LogP contribution < -0.4 is 10.1 Å². The van der Waals surface area contributed by atoms with Crippen molar-refractivity contribution in [1.29, 1.82) is 5.26 Å². The zero-order chi connectivity index (χ0) is 18.1. The van der Waals surface area contributed by atoms with Gasteiger partial charge in [-0.05, 0) is 53.1 Å². The number of aliphatic hydroxyl groups is 1. The van der Waals surface area contributed by atoms with Gasteiger partial charge in [0.05, 0.1) is 10.0 Å². The Hall–Kier alpha value is -1.94. The summed E-state index contributed by atoms with van der Waals surface area (Å²) in [5.41, 5.74) is 1.14. The summed E-state index contributed by atoms with van der Waals surface area (Å²) in [5.74, 6) is -0.147. The number of hydrogen-bond acceptors (Lipinski definition) is 4. The number of ether oxygens (including phenoxy) is 1. The Kier molecular flexibility index (Phi) is 7.86. The Morgan fingerprint density at radius 3 is 2.68 bits per heavy atom. The summed E-state index contributed by atoms with van der Waals surface area (Å²) in [4.78, 5) is 0. The average molecular weight is 407 g/mol. The SMILES string of the molecule is N#Cc1cc(F)c(Br)cc1O[C@H](CCNCCCO)c1ccccc1. The molecule has 4 nitrogen and oxygen atoms in total. The summed E-state index contributed by atoms with van der Waals surface area (Å²) in [6, 6.07) is 14.3. The van der Waals surface area contributed by atoms with E-state index in [0.717, 1.165) is 12.1 Å². The molecule has 0 bridgehead atoms. The fourth-order valence-electron chi connectivity index (χ4n) is 2.39. The van der Waals surface area contributed by atoms with Crippen LogP contribution in [0.15, 0.2) is 46.9 Å². The summed E-state index contributed by atoms with van der Waals surface area (Å²) in [5, 5.41) is 21.3. The second-order valence-corrected chi connectivity index (χ2v) is 6.36. The van der Waals surface area contributed by atoms with Gasteiger partial charge in [-0.2, -0.15) is 5.26 Å². The van der Waals surface area contributed by atoms with Gasteiger partial charge in [0.1, 0.15) is 23.7 Å². The standard InChI is InChI=1S/C19H20BrFN2O2/c20-16-12-19(15(13-22)11-17(16)21)25-18(7-9-23-8-4-10-24)14-5-2-1-3-6-14/h1-3,5-6,11-12,18,23-24H,4,7-10H2/t18-/m1/s1. The summed E-state index contributed by atoms with van der Waals surface area (Å²) < 4.78 is 20.0. The Morgan fingerprint density at radius 1 is 1.24 bits per heavy atom. The highest BCUT2D eigenvalue weighted by molar-refractivity contribution is 9.10. The maximum atomic E-state index is 13.6. The van der Waals surface area contributed by atoms with E-state index in [0.29, 0.717) is 25.1 Å². The molecule has 2 N–H and O–H groups in total. The molecule has 2 rings (SSSR count). The zero-order valence-corrected chi connectivity index (χ0v) is 15.3. The number of halogens is 2. The fourth-order valence-corrected chi connectivity index (χ4v) is 2.71. The molecular weight excluding hydrogens is 387 g/mol. The lowest BCUT2D eigenvalue weighted by atomic mass is 10.1. The van der Waals surface area contributed by atoms with E-state index < -0.39 is 5.82 Å². The number of nitriles is 1. The Morgan fingerprint density at radius 2 is 2.00 bits per heavy atom. The highest BCUT2D eigenvalue weighted by atomic mass is 79.9. The molecule has 0 saturated carbocycles. The molecule has 0 amide bonds. The van der Waals surface area contributed by atoms with E-state index in [-0.39, 0.29) is 22.7 Å². The van der Waals surface area contributed by atoms with E-state index in [9.17, 15) is 9.65 Å². The molecule has 2 aromatic rings. The minimum atomic E-state index is -0.495. The van der Waals surface area contributed by atoms with Crippen molar-refractivity contribution >= 4 is 15.9 Å². The lowest BCUT2D eigenvalue weighted by Gasteiger charge is -2.21. The zero-order valence-electron chi connectivity index (χ0n) is 13.7. The Bertz CT molecular complexity index is 719. The van der Waals surface area contributed by atoms with Gasteiger partial charge in [0.15, 0.2) is 0 Å². The van der Waals surface area contributed by atoms with Crippen molar-refractivity contribution in [3.05, 3.63) is 63.9 Å². The van der Waals surface area contributed by atoms with Gasteiger partial charge < -0.3 is 15.2 Å². The van der Waals surface area contributed by atoms with Crippen LogP contribution in [0.5, 0.6) is 5.75 Å². The van der Waals surface area contributed by atoms with E-state index in [4.69, 9.17) is 9.84 Å². The predicted octanol–water partition coefficient (Wildman–Crippen LogP) is 3.94. The van der Waals surface area contributed by atoms with Gasteiger partial charge in [0, 0.05) is 13.0 Å². The van der Waals surface area contributed by atoms with Crippen LogP contribution >= 0.6 is 15.9 Å². The summed E-state index contributed by atoms with van der Waals surface area (Å²) in [6.07, 6.45) is 1.10. The summed E-state index contributed by atoms with van der Waals surface area (Å²) in [7, 11) is 0. The molecule has 0 unspecified atom stereocenters. The molecule has 0 saturated heterocycles. The number of aliphatic hydroxyl groups excluding tert-OH is 1. The summed E-state index contributed by atoms with van der Waals surface area (Å²) >= 11 is 3.14. The topological polar surface area (TPSA) is 65.3 Å². The molecule has 0 heterocycles. The molecule has 2 aromatic carbocycles. The molecule has 0 spiro atoms. The molecule has 1 atom stereocenters. The molecule has 132 valence electrons. The number of hydrogen-bond donors (Lipinski definition) is 2. The van der Waals surface area contributed by atoms with Crippen LogP contribution in [0.4, 0.5) is 4.39 Å². The lowest BCUT2D eigenvalue weighted by Crippen LogP contribution is -2.21. The van der Waals surface area contributed by atoms with E-state index in [1.807, 2.05) is 36.4 Å². The van der Waals surface area contributed by atoms with Crippen LogP contribution in [0.25, 0.3) is 0 Å². The van der Waals surface area contributed by atoms with Crippen LogP contribution in [0, 0.1) is 17.1 Å². The normalized spacial score (nSPS) is 11.8. The van der Waals surface area contributed by atoms with E-state index in [1.165, 1.54) is 12.1 Å². The highest BCUT2D eigenvalue weighted by Gasteiger charge is 2.17. The van der Waals surface area contributed by atoms with Crippen LogP contribution in [-0.4, -0.2) is 24.8 Å². The minimum Gasteiger partial charge on any atom is -0.484 e. The van der Waals surface area contributed by atoms with Crippen molar-refractivity contribution < 1.29 is 14.2 Å². The van der Waals surface area contributed by atoms with Crippen LogP contribution in [0.1, 0.15) is 30.1 Å². The van der Waals surface area contributed by atoms with Crippen molar-refractivity contribution in [2.75, 3.05) is 19.7 Å². The van der Waals surface area contributed by atoms with E-state index in [1.54, 1.807) is 0 Å². The third kappa shape index (κ3) is 5.82. The second kappa shape index (κ2) is 10.1. The van der Waals surface area contributed by atoms with E-state index in [2.05, 4.69) is 21.2 Å². The first-order valence-electron chi connectivity index (χ1n) is 8.08. The smallest absolute Gasteiger partial charge is 0.139 e. The molecule has 0 fully saturated rings. The van der Waals surface area contributed by atoms with Gasteiger partial charge in [-0.15, -0.1) is 0 Å². The number of nitrogens with one attached hydrogen (secondary N) is 1. The van der Waals surface area contributed by atoms with Crippen molar-refractivity contribution in [2.45, 2.75) is 18.9 Å². The minimum absolute atomic E-state index is 0.154. The van der Waals surface area contributed by atoms with Crippen molar-refractivity contribution in [3.63, 3.8) is 0 Å². The molecule has 0 radical (unpaired) electrons. The maximum absolute atomic E-state index is 13.6. The average Bonchev–Trinajstić information content (AvgIpc) is 2.64. The second-order valence-electron chi connectivity index (χ2n) is 5.51. The lowest BCUT2D eigenvalue weighted by molar-refractivity contribution is 0.192. The maximum Gasteiger partial charge on any atom is 0.139 e. The molecular formula is C19H20BrFN2O2. The van der Waals surface area contributed by atoms with Crippen LogP contribution in [-0.2, 0) is 0 Å². The van der Waals surface area contributed by atoms with Gasteiger partial charge >= 0.3 is 0 Å². The third-order valence-corrected chi connectivity index (χ3v) is 4.29. The van der Waals surface area contributed by atoms with Gasteiger partial charge in [-0.1, -0.05) is 30.3 Å². The molecule has 25 heavy (non-hydrogen) atoms. The molecule has 0 aliphatic carbocycles. The predicted molar refractivity (Wildman–Crippen MR) is 97.8 cm³/mol. The quantitative estimate of drug-likeness (QED) is 0.618. The molecule has 0 aromatic heterocycles. The fraction of sp³-hybridized carbons (Fsp3) is 0.316. The highest BCUT2D eigenvalue weighted by Crippen LogP contribution is 2.31. The first-order valence-corrected chi connectivity index (χ1v) is 8.87. The van der Waals surface area contributed by atoms with E-state index >= 15 is 0 Å². The summed E-state index contributed by atoms with van der Waals surface area (Å²) in [6.45, 7) is 1.58. The molecule has 6 heteroatoms. The number of rotatable bonds is 9. The number of benzene rings is 2. The Labute approximate surface area is 155 Å². The molecule has 0 aliphatic rings. The van der Waals surface area contributed by atoms with Gasteiger partial charge in [-0.3, -0.25) is 0 Å². The largest absolute Gasteiger partial charge is 0.484 e. The van der Waals surface area contributed by atoms with Gasteiger partial charge in [0.2, 0.25) is 0 Å². The first-order chi connectivity index (χ1) is 12.2. The molecule has 0 aliphatic heterocycles. The van der Waals surface area contributed by atoms with Gasteiger partial charge in [-0.25, -0.2) is 4.39 Å². The van der Waals surface area contributed by atoms with Crippen LogP contribution in [0.3, 0.4) is 0 Å². The first kappa shape index (κ1) is 19.4. The van der Waals surface area contributed by atoms with Crippen molar-refractivity contribution in [2.24, 2.45) is 0 Å². The number of nitrogens with zero attached hydrogens (tertiary/aromatic N) is 1. The van der Waals surface area contributed by atoms with Crippen molar-refractivity contribution in [1.82, 2.24) is 5.32 Å². The Balaban J connectivity index is 2.16. The third-order valence-electron chi connectivity index (χ3n) is 3.68.